The molecule has 0 aromatic heterocycles. The Balaban J connectivity index is 2.26. The van der Waals surface area contributed by atoms with E-state index in [0.29, 0.717) is 19.8 Å². The minimum atomic E-state index is 0.0870. The topological polar surface area (TPSA) is 50.7 Å². The van der Waals surface area contributed by atoms with Crippen LogP contribution in [-0.2, 0) is 9.47 Å². The van der Waals surface area contributed by atoms with Crippen molar-refractivity contribution in [2.45, 2.75) is 12.5 Å². The van der Waals surface area contributed by atoms with E-state index < -0.39 is 0 Å². The summed E-state index contributed by atoms with van der Waals surface area (Å²) in [6, 6.07) is 10.5. The van der Waals surface area contributed by atoms with Crippen molar-refractivity contribution < 1.29 is 14.6 Å². The largest absolute Gasteiger partial charge is 0.394 e. The van der Waals surface area contributed by atoms with Crippen LogP contribution in [0, 0.1) is 0 Å². The normalized spacial score (nSPS) is 12.6. The van der Waals surface area contributed by atoms with Crippen LogP contribution in [0.4, 0.5) is 0 Å². The molecule has 4 heteroatoms. The molecule has 0 amide bonds. The van der Waals surface area contributed by atoms with Gasteiger partial charge in [-0.25, -0.2) is 0 Å². The Hall–Kier alpha value is -0.940. The molecule has 1 unspecified atom stereocenters. The van der Waals surface area contributed by atoms with Crippen LogP contribution in [0.1, 0.15) is 18.0 Å². The van der Waals surface area contributed by atoms with E-state index in [2.05, 4.69) is 17.4 Å². The van der Waals surface area contributed by atoms with Crippen LogP contribution in [-0.4, -0.2) is 45.2 Å². The lowest BCUT2D eigenvalue weighted by molar-refractivity contribution is 0.0894. The summed E-state index contributed by atoms with van der Waals surface area (Å²) in [7, 11) is 1.71. The van der Waals surface area contributed by atoms with Gasteiger partial charge in [-0.3, -0.25) is 0 Å². The highest BCUT2D eigenvalue weighted by Gasteiger charge is 2.09. The van der Waals surface area contributed by atoms with E-state index >= 15 is 0 Å². The fourth-order valence-electron chi connectivity index (χ4n) is 1.74. The summed E-state index contributed by atoms with van der Waals surface area (Å²) in [5, 5.41) is 12.0. The van der Waals surface area contributed by atoms with Gasteiger partial charge in [0.2, 0.25) is 0 Å². The average molecular weight is 253 g/mol. The number of benzene rings is 1. The van der Waals surface area contributed by atoms with Crippen LogP contribution >= 0.6 is 0 Å². The minimum Gasteiger partial charge on any atom is -0.394 e. The molecule has 102 valence electrons. The maximum atomic E-state index is 8.57. The van der Waals surface area contributed by atoms with Crippen molar-refractivity contribution in [2.24, 2.45) is 0 Å². The van der Waals surface area contributed by atoms with E-state index in [4.69, 9.17) is 14.6 Å². The Kier molecular flexibility index (Phi) is 8.42. The van der Waals surface area contributed by atoms with E-state index in [1.807, 2.05) is 18.2 Å². The monoisotopic (exact) mass is 253 g/mol. The van der Waals surface area contributed by atoms with Crippen LogP contribution in [0.5, 0.6) is 0 Å². The molecule has 1 rings (SSSR count). The zero-order valence-corrected chi connectivity index (χ0v) is 11.0. The lowest BCUT2D eigenvalue weighted by atomic mass is 10.1. The number of aliphatic hydroxyl groups is 1. The second kappa shape index (κ2) is 10.0. The third-order valence-electron chi connectivity index (χ3n) is 2.63. The Bertz CT molecular complexity index is 292. The number of rotatable bonds is 10. The van der Waals surface area contributed by atoms with Crippen LogP contribution < -0.4 is 5.32 Å². The Morgan fingerprint density at radius 3 is 2.67 bits per heavy atom. The van der Waals surface area contributed by atoms with E-state index in [0.717, 1.165) is 13.0 Å². The molecule has 0 bridgehead atoms. The summed E-state index contributed by atoms with van der Waals surface area (Å²) >= 11 is 0. The number of methoxy groups -OCH3 is 1. The van der Waals surface area contributed by atoms with Gasteiger partial charge >= 0.3 is 0 Å². The van der Waals surface area contributed by atoms with E-state index in [1.165, 1.54) is 5.56 Å². The number of nitrogens with one attached hydrogen (secondary N) is 1. The molecule has 0 aliphatic carbocycles. The summed E-state index contributed by atoms with van der Waals surface area (Å²) in [5.41, 5.74) is 1.23. The average Bonchev–Trinajstić information content (AvgIpc) is 2.42. The minimum absolute atomic E-state index is 0.0870. The smallest absolute Gasteiger partial charge is 0.0697 e. The van der Waals surface area contributed by atoms with Crippen molar-refractivity contribution in [1.82, 2.24) is 5.32 Å². The summed E-state index contributed by atoms with van der Waals surface area (Å²) in [4.78, 5) is 0. The van der Waals surface area contributed by atoms with Gasteiger partial charge < -0.3 is 19.9 Å². The van der Waals surface area contributed by atoms with Crippen molar-refractivity contribution in [1.29, 1.82) is 0 Å². The zero-order chi connectivity index (χ0) is 13.1. The quantitative estimate of drug-likeness (QED) is 0.618. The van der Waals surface area contributed by atoms with Gasteiger partial charge in [0.25, 0.3) is 0 Å². The molecule has 0 spiro atoms. The van der Waals surface area contributed by atoms with E-state index in [-0.39, 0.29) is 12.6 Å². The maximum Gasteiger partial charge on any atom is 0.0697 e. The Morgan fingerprint density at radius 1 is 1.22 bits per heavy atom. The van der Waals surface area contributed by atoms with Gasteiger partial charge in [-0.2, -0.15) is 0 Å². The summed E-state index contributed by atoms with van der Waals surface area (Å²) in [6.45, 7) is 2.70. The van der Waals surface area contributed by atoms with Gasteiger partial charge in [-0.1, -0.05) is 30.3 Å². The van der Waals surface area contributed by atoms with Gasteiger partial charge in [0, 0.05) is 13.7 Å². The lowest BCUT2D eigenvalue weighted by Crippen LogP contribution is -2.27. The number of hydrogen-bond donors (Lipinski definition) is 2. The van der Waals surface area contributed by atoms with Gasteiger partial charge in [0.1, 0.15) is 0 Å². The third-order valence-corrected chi connectivity index (χ3v) is 2.63. The first-order valence-electron chi connectivity index (χ1n) is 6.34. The van der Waals surface area contributed by atoms with Crippen molar-refractivity contribution >= 4 is 0 Å². The maximum absolute atomic E-state index is 8.57. The van der Waals surface area contributed by atoms with Crippen molar-refractivity contribution in [3.05, 3.63) is 35.9 Å². The van der Waals surface area contributed by atoms with Crippen molar-refractivity contribution in [3.63, 3.8) is 0 Å². The molecule has 1 aromatic rings. The zero-order valence-electron chi connectivity index (χ0n) is 11.0. The van der Waals surface area contributed by atoms with Gasteiger partial charge in [-0.05, 0) is 18.5 Å². The molecule has 2 N–H and O–H groups in total. The first-order chi connectivity index (χ1) is 8.88. The van der Waals surface area contributed by atoms with Crippen molar-refractivity contribution in [2.75, 3.05) is 40.1 Å². The lowest BCUT2D eigenvalue weighted by Gasteiger charge is -2.18. The molecule has 0 aliphatic heterocycles. The molecule has 1 aromatic carbocycles. The van der Waals surface area contributed by atoms with Gasteiger partial charge in [0.05, 0.1) is 25.9 Å². The molecule has 0 radical (unpaired) electrons. The summed E-state index contributed by atoms with van der Waals surface area (Å²) < 4.78 is 10.4. The molecule has 0 aliphatic rings. The molecular weight excluding hydrogens is 230 g/mol. The fourth-order valence-corrected chi connectivity index (χ4v) is 1.74. The highest BCUT2D eigenvalue weighted by Crippen LogP contribution is 2.12. The molecule has 0 saturated heterocycles. The highest BCUT2D eigenvalue weighted by molar-refractivity contribution is 5.18. The standard InChI is InChI=1S/C14H23NO3/c1-17-12-14(13-6-3-2-4-7-13)15-8-5-10-18-11-9-16/h2-4,6-7,14-16H,5,8-12H2,1H3. The SMILES string of the molecule is COCC(NCCCOCCO)c1ccccc1. The summed E-state index contributed by atoms with van der Waals surface area (Å²) in [5.74, 6) is 0. The Labute approximate surface area is 109 Å². The van der Waals surface area contributed by atoms with Crippen LogP contribution in [0.15, 0.2) is 30.3 Å². The third kappa shape index (κ3) is 6.12. The van der Waals surface area contributed by atoms with E-state index in [1.54, 1.807) is 7.11 Å². The molecule has 4 nitrogen and oxygen atoms in total. The molecular formula is C14H23NO3. The molecule has 1 atom stereocenters. The van der Waals surface area contributed by atoms with Crippen LogP contribution in [0.3, 0.4) is 0 Å². The fraction of sp³-hybridized carbons (Fsp3) is 0.571. The first-order valence-corrected chi connectivity index (χ1v) is 6.34. The van der Waals surface area contributed by atoms with Gasteiger partial charge in [-0.15, -0.1) is 0 Å². The molecule has 0 heterocycles. The first kappa shape index (κ1) is 15.1. The molecule has 0 fully saturated rings. The van der Waals surface area contributed by atoms with Crippen LogP contribution in [0.25, 0.3) is 0 Å². The predicted molar refractivity (Wildman–Crippen MR) is 71.6 cm³/mol. The number of aliphatic hydroxyl groups excluding tert-OH is 1. The number of hydrogen-bond acceptors (Lipinski definition) is 4. The molecule has 18 heavy (non-hydrogen) atoms. The number of ether oxygens (including phenoxy) is 2. The summed E-state index contributed by atoms with van der Waals surface area (Å²) in [6.07, 6.45) is 0.924. The highest BCUT2D eigenvalue weighted by atomic mass is 16.5. The van der Waals surface area contributed by atoms with Crippen molar-refractivity contribution in [3.8, 4) is 0 Å². The Morgan fingerprint density at radius 2 is 2.00 bits per heavy atom. The predicted octanol–water partition coefficient (Wildman–Crippen LogP) is 1.36. The van der Waals surface area contributed by atoms with E-state index in [9.17, 15) is 0 Å². The molecule has 0 saturated carbocycles. The second-order valence-electron chi connectivity index (χ2n) is 4.06. The second-order valence-corrected chi connectivity index (χ2v) is 4.06. The van der Waals surface area contributed by atoms with Crippen LogP contribution in [0.2, 0.25) is 0 Å². The van der Waals surface area contributed by atoms with Gasteiger partial charge in [0.15, 0.2) is 0 Å².